The number of nitrogens with two attached hydrogens (primary N) is 1. The van der Waals surface area contributed by atoms with E-state index in [1.54, 1.807) is 0 Å². The van der Waals surface area contributed by atoms with E-state index in [4.69, 9.17) is 10.5 Å². The average molecular weight is 363 g/mol. The highest BCUT2D eigenvalue weighted by molar-refractivity contribution is 5.92. The van der Waals surface area contributed by atoms with Crippen LogP contribution >= 0.6 is 0 Å². The number of hydrogen-bond acceptors (Lipinski definition) is 3. The number of rotatable bonds is 7. The van der Waals surface area contributed by atoms with Gasteiger partial charge in [0.2, 0.25) is 0 Å². The molecule has 6 heteroatoms. The predicted molar refractivity (Wildman–Crippen MR) is 109 cm³/mol. The van der Waals surface area contributed by atoms with Crippen molar-refractivity contribution >= 4 is 11.6 Å². The van der Waals surface area contributed by atoms with Crippen LogP contribution in [0, 0.1) is 0 Å². The van der Waals surface area contributed by atoms with Crippen molar-refractivity contribution in [1.82, 2.24) is 9.78 Å². The van der Waals surface area contributed by atoms with Crippen LogP contribution in [0.2, 0.25) is 0 Å². The Labute approximate surface area is 159 Å². The minimum Gasteiger partial charge on any atom is -0.491 e. The van der Waals surface area contributed by atoms with Gasteiger partial charge in [-0.2, -0.15) is 5.10 Å². The Morgan fingerprint density at radius 2 is 1.85 bits per heavy atom. The second kappa shape index (κ2) is 8.89. The lowest BCUT2D eigenvalue weighted by Crippen LogP contribution is -2.22. The van der Waals surface area contributed by atoms with Gasteiger partial charge in [-0.1, -0.05) is 30.3 Å². The van der Waals surface area contributed by atoms with Crippen LogP contribution in [0.15, 0.2) is 72.0 Å². The molecule has 3 rings (SSSR count). The molecule has 0 fully saturated rings. The lowest BCUT2D eigenvalue weighted by molar-refractivity contribution is 0.242. The third-order valence-electron chi connectivity index (χ3n) is 3.80. The largest absolute Gasteiger partial charge is 0.491 e. The van der Waals surface area contributed by atoms with Crippen molar-refractivity contribution in [3.63, 3.8) is 0 Å². The fourth-order valence-corrected chi connectivity index (χ4v) is 2.60. The highest BCUT2D eigenvalue weighted by Crippen LogP contribution is 2.16. The molecule has 0 aliphatic heterocycles. The van der Waals surface area contributed by atoms with E-state index in [9.17, 15) is 0 Å². The van der Waals surface area contributed by atoms with Crippen LogP contribution < -0.4 is 15.8 Å². The molecule has 2 aromatic carbocycles. The molecule has 1 aromatic heterocycles. The van der Waals surface area contributed by atoms with Crippen molar-refractivity contribution in [3.8, 4) is 5.75 Å². The van der Waals surface area contributed by atoms with Crippen LogP contribution in [0.1, 0.15) is 25.0 Å². The van der Waals surface area contributed by atoms with Gasteiger partial charge in [0, 0.05) is 17.4 Å². The maximum Gasteiger partial charge on any atom is 0.193 e. The van der Waals surface area contributed by atoms with E-state index >= 15 is 0 Å². The summed E-state index contributed by atoms with van der Waals surface area (Å²) in [5.74, 6) is 1.19. The van der Waals surface area contributed by atoms with E-state index in [0.29, 0.717) is 12.5 Å². The molecule has 0 spiro atoms. The van der Waals surface area contributed by atoms with Gasteiger partial charge in [0.05, 0.1) is 25.4 Å². The summed E-state index contributed by atoms with van der Waals surface area (Å²) in [6, 6.07) is 17.9. The number of aliphatic imine (C=N–C) groups is 1. The van der Waals surface area contributed by atoms with Crippen LogP contribution in [0.25, 0.3) is 0 Å². The first kappa shape index (κ1) is 18.5. The molecule has 0 saturated heterocycles. The van der Waals surface area contributed by atoms with Crippen molar-refractivity contribution in [2.24, 2.45) is 10.7 Å². The number of hydrogen-bond donors (Lipinski definition) is 2. The topological polar surface area (TPSA) is 77.5 Å². The number of nitrogens with zero attached hydrogens (tertiary/aromatic N) is 3. The first-order valence-electron chi connectivity index (χ1n) is 8.97. The Hall–Kier alpha value is -3.28. The quantitative estimate of drug-likeness (QED) is 0.496. The molecule has 0 aliphatic rings. The van der Waals surface area contributed by atoms with E-state index in [-0.39, 0.29) is 6.10 Å². The molecule has 0 saturated carbocycles. The Balaban J connectivity index is 1.53. The second-order valence-electron chi connectivity index (χ2n) is 6.55. The molecule has 3 N–H and O–H groups in total. The van der Waals surface area contributed by atoms with E-state index in [1.807, 2.05) is 73.4 Å². The van der Waals surface area contributed by atoms with Crippen LogP contribution in [0.3, 0.4) is 0 Å². The zero-order valence-corrected chi connectivity index (χ0v) is 15.7. The van der Waals surface area contributed by atoms with Gasteiger partial charge >= 0.3 is 0 Å². The summed E-state index contributed by atoms with van der Waals surface area (Å²) in [6.07, 6.45) is 3.96. The van der Waals surface area contributed by atoms with Crippen molar-refractivity contribution in [2.45, 2.75) is 33.0 Å². The monoisotopic (exact) mass is 363 g/mol. The summed E-state index contributed by atoms with van der Waals surface area (Å²) in [6.45, 7) is 5.21. The summed E-state index contributed by atoms with van der Waals surface area (Å²) >= 11 is 0. The van der Waals surface area contributed by atoms with Crippen molar-refractivity contribution in [1.29, 1.82) is 0 Å². The SMILES string of the molecule is CC(C)Oc1ccc(NC(N)=NCc2cnn(Cc3ccccc3)c2)cc1. The maximum atomic E-state index is 5.98. The minimum absolute atomic E-state index is 0.151. The second-order valence-corrected chi connectivity index (χ2v) is 6.55. The minimum atomic E-state index is 0.151. The summed E-state index contributed by atoms with van der Waals surface area (Å²) in [5, 5.41) is 7.46. The Morgan fingerprint density at radius 1 is 1.11 bits per heavy atom. The normalized spacial score (nSPS) is 11.6. The fourth-order valence-electron chi connectivity index (χ4n) is 2.60. The van der Waals surface area contributed by atoms with E-state index < -0.39 is 0 Å². The van der Waals surface area contributed by atoms with Gasteiger partial charge in [0.25, 0.3) is 0 Å². The van der Waals surface area contributed by atoms with Crippen LogP contribution in [-0.2, 0) is 13.1 Å². The molecule has 0 unspecified atom stereocenters. The van der Waals surface area contributed by atoms with Crippen molar-refractivity contribution in [3.05, 3.63) is 78.1 Å². The summed E-state index contributed by atoms with van der Waals surface area (Å²) in [4.78, 5) is 4.38. The number of ether oxygens (including phenoxy) is 1. The number of anilines is 1. The number of guanidine groups is 1. The van der Waals surface area contributed by atoms with E-state index in [2.05, 4.69) is 27.5 Å². The molecule has 6 nitrogen and oxygen atoms in total. The molecule has 3 aromatic rings. The fraction of sp³-hybridized carbons (Fsp3) is 0.238. The molecular formula is C21H25N5O. The van der Waals surface area contributed by atoms with Crippen molar-refractivity contribution in [2.75, 3.05) is 5.32 Å². The lowest BCUT2D eigenvalue weighted by Gasteiger charge is -2.10. The first-order valence-corrected chi connectivity index (χ1v) is 8.97. The summed E-state index contributed by atoms with van der Waals surface area (Å²) in [5.41, 5.74) is 9.07. The number of aromatic nitrogens is 2. The first-order chi connectivity index (χ1) is 13.1. The molecular weight excluding hydrogens is 338 g/mol. The van der Waals surface area contributed by atoms with Crippen LogP contribution in [0.5, 0.6) is 5.75 Å². The number of benzene rings is 2. The summed E-state index contributed by atoms with van der Waals surface area (Å²) < 4.78 is 7.53. The molecule has 27 heavy (non-hydrogen) atoms. The number of nitrogens with one attached hydrogen (secondary N) is 1. The van der Waals surface area contributed by atoms with E-state index in [1.165, 1.54) is 5.56 Å². The highest BCUT2D eigenvalue weighted by atomic mass is 16.5. The third-order valence-corrected chi connectivity index (χ3v) is 3.80. The van der Waals surface area contributed by atoms with E-state index in [0.717, 1.165) is 23.5 Å². The Bertz CT molecular complexity index is 869. The van der Waals surface area contributed by atoms with Gasteiger partial charge in [0.15, 0.2) is 5.96 Å². The van der Waals surface area contributed by atoms with Gasteiger partial charge in [-0.05, 0) is 43.7 Å². The molecule has 140 valence electrons. The third kappa shape index (κ3) is 5.88. The summed E-state index contributed by atoms with van der Waals surface area (Å²) in [7, 11) is 0. The van der Waals surface area contributed by atoms with Gasteiger partial charge in [-0.25, -0.2) is 4.99 Å². The predicted octanol–water partition coefficient (Wildman–Crippen LogP) is 3.65. The van der Waals surface area contributed by atoms with Crippen LogP contribution in [0.4, 0.5) is 5.69 Å². The lowest BCUT2D eigenvalue weighted by atomic mass is 10.2. The zero-order valence-electron chi connectivity index (χ0n) is 15.7. The maximum absolute atomic E-state index is 5.98. The van der Waals surface area contributed by atoms with Gasteiger partial charge in [0.1, 0.15) is 5.75 Å². The zero-order chi connectivity index (χ0) is 19.1. The smallest absolute Gasteiger partial charge is 0.193 e. The van der Waals surface area contributed by atoms with Gasteiger partial charge in [-0.15, -0.1) is 0 Å². The van der Waals surface area contributed by atoms with Crippen molar-refractivity contribution < 1.29 is 4.74 Å². The Kier molecular flexibility index (Phi) is 6.10. The van der Waals surface area contributed by atoms with Crippen LogP contribution in [-0.4, -0.2) is 21.8 Å². The standard InChI is InChI=1S/C21H25N5O/c1-16(2)27-20-10-8-19(9-11-20)25-21(22)23-12-18-13-24-26(15-18)14-17-6-4-3-5-7-17/h3-11,13,15-16H,12,14H2,1-2H3,(H3,22,23,25). The molecule has 1 heterocycles. The molecule has 0 aliphatic carbocycles. The van der Waals surface area contributed by atoms with Gasteiger partial charge < -0.3 is 15.8 Å². The highest BCUT2D eigenvalue weighted by Gasteiger charge is 2.02. The Morgan fingerprint density at radius 3 is 2.56 bits per heavy atom. The molecule has 0 radical (unpaired) electrons. The molecule has 0 bridgehead atoms. The molecule has 0 atom stereocenters. The average Bonchev–Trinajstić information content (AvgIpc) is 3.09. The molecule has 0 amide bonds. The van der Waals surface area contributed by atoms with Gasteiger partial charge in [-0.3, -0.25) is 4.68 Å².